The van der Waals surface area contributed by atoms with Gasteiger partial charge in [0.1, 0.15) is 5.75 Å². The minimum atomic E-state index is -1.11. The summed E-state index contributed by atoms with van der Waals surface area (Å²) in [6, 6.07) is 14.2. The van der Waals surface area contributed by atoms with Gasteiger partial charge in [-0.2, -0.15) is 0 Å². The van der Waals surface area contributed by atoms with Crippen LogP contribution >= 0.6 is 0 Å². The third kappa shape index (κ3) is 4.84. The summed E-state index contributed by atoms with van der Waals surface area (Å²) in [5.74, 6) is -0.457. The molecule has 0 fully saturated rings. The SMILES string of the molecule is CC(C)COc1ccc(C(=O)N[C@@H](C(=O)O)c2ccccc2)cc1. The van der Waals surface area contributed by atoms with Gasteiger partial charge in [-0.15, -0.1) is 0 Å². The molecule has 0 aliphatic carbocycles. The Morgan fingerprint density at radius 2 is 1.67 bits per heavy atom. The van der Waals surface area contributed by atoms with Crippen LogP contribution < -0.4 is 10.1 Å². The first-order chi connectivity index (χ1) is 11.5. The molecule has 0 aromatic heterocycles. The summed E-state index contributed by atoms with van der Waals surface area (Å²) in [5.41, 5.74) is 0.907. The number of carbonyl (C=O) groups excluding carboxylic acids is 1. The third-order valence-corrected chi connectivity index (χ3v) is 3.36. The zero-order valence-electron chi connectivity index (χ0n) is 13.7. The topological polar surface area (TPSA) is 75.6 Å². The van der Waals surface area contributed by atoms with E-state index >= 15 is 0 Å². The first-order valence-corrected chi connectivity index (χ1v) is 7.79. The van der Waals surface area contributed by atoms with Gasteiger partial charge in [0.05, 0.1) is 6.61 Å². The summed E-state index contributed by atoms with van der Waals surface area (Å²) in [7, 11) is 0. The number of ether oxygens (including phenoxy) is 1. The van der Waals surface area contributed by atoms with Crippen molar-refractivity contribution in [3.05, 3.63) is 65.7 Å². The number of benzene rings is 2. The molecule has 1 amide bonds. The molecule has 24 heavy (non-hydrogen) atoms. The highest BCUT2D eigenvalue weighted by molar-refractivity contribution is 5.96. The zero-order valence-corrected chi connectivity index (χ0v) is 13.7. The molecular weight excluding hydrogens is 306 g/mol. The number of carboxylic acid groups (broad SMARTS) is 1. The number of carbonyl (C=O) groups is 2. The molecule has 2 N–H and O–H groups in total. The van der Waals surface area contributed by atoms with Crippen LogP contribution in [0.5, 0.6) is 5.75 Å². The van der Waals surface area contributed by atoms with Crippen molar-refractivity contribution in [3.8, 4) is 5.75 Å². The van der Waals surface area contributed by atoms with E-state index in [1.807, 2.05) is 0 Å². The van der Waals surface area contributed by atoms with Crippen LogP contribution in [0.1, 0.15) is 35.8 Å². The fourth-order valence-electron chi connectivity index (χ4n) is 2.11. The largest absolute Gasteiger partial charge is 0.493 e. The summed E-state index contributed by atoms with van der Waals surface area (Å²) in [5, 5.41) is 11.9. The standard InChI is InChI=1S/C19H21NO4/c1-13(2)12-24-16-10-8-15(9-11-16)18(21)20-17(19(22)23)14-6-4-3-5-7-14/h3-11,13,17H,12H2,1-2H3,(H,20,21)(H,22,23)/t17-/m1/s1. The number of aliphatic carboxylic acids is 1. The molecule has 0 aliphatic heterocycles. The lowest BCUT2D eigenvalue weighted by molar-refractivity contribution is -0.139. The van der Waals surface area contributed by atoms with Crippen LogP contribution in [0.2, 0.25) is 0 Å². The molecule has 126 valence electrons. The molecule has 0 saturated carbocycles. The fourth-order valence-corrected chi connectivity index (χ4v) is 2.11. The van der Waals surface area contributed by atoms with E-state index in [1.54, 1.807) is 54.6 Å². The molecule has 5 nitrogen and oxygen atoms in total. The van der Waals surface area contributed by atoms with Crippen LogP contribution in [0, 0.1) is 5.92 Å². The van der Waals surface area contributed by atoms with E-state index < -0.39 is 17.9 Å². The van der Waals surface area contributed by atoms with Gasteiger partial charge >= 0.3 is 5.97 Å². The quantitative estimate of drug-likeness (QED) is 0.818. The Balaban J connectivity index is 2.06. The van der Waals surface area contributed by atoms with E-state index in [0.717, 1.165) is 0 Å². The lowest BCUT2D eigenvalue weighted by Gasteiger charge is -2.15. The van der Waals surface area contributed by atoms with Gasteiger partial charge in [0.2, 0.25) is 0 Å². The van der Waals surface area contributed by atoms with Gasteiger partial charge in [0.25, 0.3) is 5.91 Å². The highest BCUT2D eigenvalue weighted by Gasteiger charge is 2.22. The van der Waals surface area contributed by atoms with E-state index in [9.17, 15) is 14.7 Å². The average molecular weight is 327 g/mol. The molecule has 0 heterocycles. The lowest BCUT2D eigenvalue weighted by atomic mass is 10.1. The molecule has 0 aliphatic rings. The molecule has 2 aromatic rings. The normalized spacial score (nSPS) is 11.8. The summed E-state index contributed by atoms with van der Waals surface area (Å²) < 4.78 is 5.56. The van der Waals surface area contributed by atoms with Gasteiger partial charge in [-0.3, -0.25) is 4.79 Å². The number of carboxylic acids is 1. The predicted octanol–water partition coefficient (Wildman–Crippen LogP) is 3.28. The van der Waals surface area contributed by atoms with Crippen LogP contribution in [-0.2, 0) is 4.79 Å². The van der Waals surface area contributed by atoms with Gasteiger partial charge < -0.3 is 15.2 Å². The second kappa shape index (κ2) is 8.15. The van der Waals surface area contributed by atoms with Crippen molar-refractivity contribution in [2.24, 2.45) is 5.92 Å². The second-order valence-electron chi connectivity index (χ2n) is 5.88. The molecule has 0 bridgehead atoms. The summed E-state index contributed by atoms with van der Waals surface area (Å²) >= 11 is 0. The van der Waals surface area contributed by atoms with E-state index in [-0.39, 0.29) is 0 Å². The maximum absolute atomic E-state index is 12.3. The number of rotatable bonds is 7. The second-order valence-corrected chi connectivity index (χ2v) is 5.88. The van der Waals surface area contributed by atoms with E-state index in [2.05, 4.69) is 19.2 Å². The Morgan fingerprint density at radius 1 is 1.04 bits per heavy atom. The smallest absolute Gasteiger partial charge is 0.330 e. The lowest BCUT2D eigenvalue weighted by Crippen LogP contribution is -2.33. The van der Waals surface area contributed by atoms with E-state index in [1.165, 1.54) is 0 Å². The van der Waals surface area contributed by atoms with Crippen LogP contribution in [-0.4, -0.2) is 23.6 Å². The molecule has 0 spiro atoms. The van der Waals surface area contributed by atoms with Crippen molar-refractivity contribution < 1.29 is 19.4 Å². The molecule has 1 atom stereocenters. The number of hydrogen-bond donors (Lipinski definition) is 2. The van der Waals surface area contributed by atoms with Crippen molar-refractivity contribution in [1.82, 2.24) is 5.32 Å². The van der Waals surface area contributed by atoms with Crippen molar-refractivity contribution in [1.29, 1.82) is 0 Å². The fraction of sp³-hybridized carbons (Fsp3) is 0.263. The highest BCUT2D eigenvalue weighted by Crippen LogP contribution is 2.16. The molecule has 0 saturated heterocycles. The van der Waals surface area contributed by atoms with E-state index in [0.29, 0.717) is 29.4 Å². The van der Waals surface area contributed by atoms with Crippen LogP contribution in [0.15, 0.2) is 54.6 Å². The molecule has 2 rings (SSSR count). The number of amides is 1. The van der Waals surface area contributed by atoms with Gasteiger partial charge in [0.15, 0.2) is 6.04 Å². The van der Waals surface area contributed by atoms with Gasteiger partial charge in [-0.25, -0.2) is 4.79 Å². The van der Waals surface area contributed by atoms with Crippen molar-refractivity contribution in [2.45, 2.75) is 19.9 Å². The maximum atomic E-state index is 12.3. The van der Waals surface area contributed by atoms with Gasteiger partial charge in [-0.1, -0.05) is 44.2 Å². The van der Waals surface area contributed by atoms with E-state index in [4.69, 9.17) is 4.74 Å². The maximum Gasteiger partial charge on any atom is 0.330 e. The first kappa shape index (κ1) is 17.5. The Labute approximate surface area is 141 Å². The van der Waals surface area contributed by atoms with Crippen molar-refractivity contribution >= 4 is 11.9 Å². The average Bonchev–Trinajstić information content (AvgIpc) is 2.58. The summed E-state index contributed by atoms with van der Waals surface area (Å²) in [6.45, 7) is 4.70. The predicted molar refractivity (Wildman–Crippen MR) is 91.1 cm³/mol. The van der Waals surface area contributed by atoms with Crippen molar-refractivity contribution in [3.63, 3.8) is 0 Å². The van der Waals surface area contributed by atoms with Crippen LogP contribution in [0.3, 0.4) is 0 Å². The minimum Gasteiger partial charge on any atom is -0.493 e. The molecule has 5 heteroatoms. The minimum absolute atomic E-state index is 0.383. The Bertz CT molecular complexity index is 680. The van der Waals surface area contributed by atoms with Gasteiger partial charge in [-0.05, 0) is 35.7 Å². The summed E-state index contributed by atoms with van der Waals surface area (Å²) in [6.07, 6.45) is 0. The van der Waals surface area contributed by atoms with Crippen LogP contribution in [0.25, 0.3) is 0 Å². The molecular formula is C19H21NO4. The monoisotopic (exact) mass is 327 g/mol. The Hall–Kier alpha value is -2.82. The summed E-state index contributed by atoms with van der Waals surface area (Å²) in [4.78, 5) is 23.7. The first-order valence-electron chi connectivity index (χ1n) is 7.79. The Morgan fingerprint density at radius 3 is 2.21 bits per heavy atom. The molecule has 0 unspecified atom stereocenters. The molecule has 0 radical (unpaired) electrons. The van der Waals surface area contributed by atoms with Crippen molar-refractivity contribution in [2.75, 3.05) is 6.61 Å². The number of hydrogen-bond acceptors (Lipinski definition) is 3. The number of nitrogens with one attached hydrogen (secondary N) is 1. The molecule has 2 aromatic carbocycles. The third-order valence-electron chi connectivity index (χ3n) is 3.36. The Kier molecular flexibility index (Phi) is 5.95. The van der Waals surface area contributed by atoms with Gasteiger partial charge in [0, 0.05) is 5.56 Å². The zero-order chi connectivity index (χ0) is 17.5. The highest BCUT2D eigenvalue weighted by atomic mass is 16.5. The van der Waals surface area contributed by atoms with Crippen LogP contribution in [0.4, 0.5) is 0 Å².